The Kier molecular flexibility index (Phi) is 3.68. The summed E-state index contributed by atoms with van der Waals surface area (Å²) in [6.45, 7) is 10.8. The van der Waals surface area contributed by atoms with E-state index in [1.165, 1.54) is 0 Å². The Labute approximate surface area is 97.0 Å². The van der Waals surface area contributed by atoms with Crippen molar-refractivity contribution in [2.45, 2.75) is 26.3 Å². The van der Waals surface area contributed by atoms with Gasteiger partial charge in [-0.1, -0.05) is 12.1 Å². The fourth-order valence-electron chi connectivity index (χ4n) is 1.48. The Hall–Kier alpha value is -1.82. The molecule has 0 fully saturated rings. The van der Waals surface area contributed by atoms with Crippen LogP contribution in [0.15, 0.2) is 30.9 Å². The molecule has 0 amide bonds. The van der Waals surface area contributed by atoms with Crippen LogP contribution >= 0.6 is 0 Å². The molecular weight excluding hydrogens is 198 g/mol. The van der Waals surface area contributed by atoms with Crippen molar-refractivity contribution in [2.24, 2.45) is 0 Å². The van der Waals surface area contributed by atoms with E-state index in [1.54, 1.807) is 6.07 Å². The Morgan fingerprint density at radius 3 is 2.69 bits per heavy atom. The van der Waals surface area contributed by atoms with Gasteiger partial charge in [-0.3, -0.25) is 0 Å². The number of nitrogens with zero attached hydrogens (tertiary/aromatic N) is 3. The molecule has 0 aliphatic heterocycles. The number of anilines is 1. The first-order valence-corrected chi connectivity index (χ1v) is 5.24. The number of hydrogen-bond acceptors (Lipinski definition) is 3. The van der Waals surface area contributed by atoms with E-state index in [1.807, 2.05) is 18.2 Å². The molecule has 3 heteroatoms. The number of pyridine rings is 1. The van der Waals surface area contributed by atoms with Gasteiger partial charge in [0.15, 0.2) is 0 Å². The van der Waals surface area contributed by atoms with Gasteiger partial charge in [-0.05, 0) is 32.9 Å². The Bertz CT molecular complexity index is 410. The summed E-state index contributed by atoms with van der Waals surface area (Å²) in [7, 11) is 0. The second-order valence-corrected chi connectivity index (χ2v) is 4.56. The highest BCUT2D eigenvalue weighted by Crippen LogP contribution is 2.21. The molecule has 1 rings (SSSR count). The number of nitriles is 1. The van der Waals surface area contributed by atoms with E-state index in [2.05, 4.69) is 43.3 Å². The molecule has 1 aromatic rings. The van der Waals surface area contributed by atoms with Gasteiger partial charge in [-0.2, -0.15) is 5.26 Å². The van der Waals surface area contributed by atoms with Crippen LogP contribution in [0.1, 0.15) is 26.5 Å². The van der Waals surface area contributed by atoms with E-state index in [4.69, 9.17) is 5.26 Å². The maximum atomic E-state index is 8.83. The summed E-state index contributed by atoms with van der Waals surface area (Å²) < 4.78 is 0. The predicted molar refractivity (Wildman–Crippen MR) is 66.2 cm³/mol. The summed E-state index contributed by atoms with van der Waals surface area (Å²) in [5.41, 5.74) is 0.394. The molecule has 0 saturated heterocycles. The highest BCUT2D eigenvalue weighted by Gasteiger charge is 2.21. The van der Waals surface area contributed by atoms with Gasteiger partial charge in [0.05, 0.1) is 0 Å². The van der Waals surface area contributed by atoms with Gasteiger partial charge in [0.1, 0.15) is 17.6 Å². The van der Waals surface area contributed by atoms with Crippen LogP contribution in [0, 0.1) is 11.3 Å². The van der Waals surface area contributed by atoms with Gasteiger partial charge in [0.25, 0.3) is 0 Å². The van der Waals surface area contributed by atoms with Gasteiger partial charge in [-0.25, -0.2) is 4.98 Å². The lowest BCUT2D eigenvalue weighted by Gasteiger charge is -2.36. The zero-order valence-corrected chi connectivity index (χ0v) is 10.1. The number of rotatable bonds is 3. The van der Waals surface area contributed by atoms with Gasteiger partial charge < -0.3 is 4.90 Å². The van der Waals surface area contributed by atoms with E-state index < -0.39 is 0 Å². The average Bonchev–Trinajstić information content (AvgIpc) is 2.24. The maximum Gasteiger partial charge on any atom is 0.142 e. The molecule has 0 aliphatic carbocycles. The van der Waals surface area contributed by atoms with Gasteiger partial charge in [0, 0.05) is 12.1 Å². The van der Waals surface area contributed by atoms with Crippen LogP contribution in [0.5, 0.6) is 0 Å². The zero-order chi connectivity index (χ0) is 12.2. The Morgan fingerprint density at radius 2 is 2.19 bits per heavy atom. The minimum Gasteiger partial charge on any atom is -0.348 e. The zero-order valence-electron chi connectivity index (χ0n) is 10.1. The van der Waals surface area contributed by atoms with Crippen molar-refractivity contribution in [2.75, 3.05) is 11.4 Å². The third-order valence-corrected chi connectivity index (χ3v) is 2.25. The molecule has 0 atom stereocenters. The van der Waals surface area contributed by atoms with Crippen LogP contribution in [0.25, 0.3) is 0 Å². The topological polar surface area (TPSA) is 39.9 Å². The van der Waals surface area contributed by atoms with Crippen molar-refractivity contribution in [3.8, 4) is 6.07 Å². The van der Waals surface area contributed by atoms with Crippen LogP contribution in [0.2, 0.25) is 0 Å². The summed E-state index contributed by atoms with van der Waals surface area (Å²) >= 11 is 0. The Balaban J connectivity index is 3.11. The van der Waals surface area contributed by atoms with Gasteiger partial charge in [-0.15, -0.1) is 6.58 Å². The summed E-state index contributed by atoms with van der Waals surface area (Å²) in [6.07, 6.45) is 1.84. The molecule has 0 unspecified atom stereocenters. The summed E-state index contributed by atoms with van der Waals surface area (Å²) in [6, 6.07) is 7.52. The van der Waals surface area contributed by atoms with Crippen LogP contribution < -0.4 is 4.90 Å². The maximum absolute atomic E-state index is 8.83. The first-order valence-electron chi connectivity index (χ1n) is 5.24. The molecule has 0 aromatic carbocycles. The van der Waals surface area contributed by atoms with Crippen LogP contribution in [-0.2, 0) is 0 Å². The summed E-state index contributed by atoms with van der Waals surface area (Å²) in [5, 5.41) is 8.83. The van der Waals surface area contributed by atoms with E-state index in [0.29, 0.717) is 12.2 Å². The molecule has 0 spiro atoms. The van der Waals surface area contributed by atoms with Crippen molar-refractivity contribution in [1.82, 2.24) is 4.98 Å². The molecule has 0 aliphatic rings. The number of hydrogen-bond donors (Lipinski definition) is 0. The molecule has 0 bridgehead atoms. The molecule has 0 saturated carbocycles. The van der Waals surface area contributed by atoms with Crippen molar-refractivity contribution in [3.63, 3.8) is 0 Å². The molecule has 1 aromatic heterocycles. The van der Waals surface area contributed by atoms with Crippen molar-refractivity contribution < 1.29 is 0 Å². The molecular formula is C13H17N3. The van der Waals surface area contributed by atoms with Crippen LogP contribution in [0.4, 0.5) is 5.82 Å². The van der Waals surface area contributed by atoms with E-state index in [9.17, 15) is 0 Å². The molecule has 16 heavy (non-hydrogen) atoms. The van der Waals surface area contributed by atoms with Crippen molar-refractivity contribution >= 4 is 5.82 Å². The first-order chi connectivity index (χ1) is 7.49. The molecule has 84 valence electrons. The molecule has 1 heterocycles. The standard InChI is InChI=1S/C13H17N3/c1-5-9-16(13(2,3)4)12-8-6-7-11(10-14)15-12/h5-8H,1,9H2,2-4H3. The lowest BCUT2D eigenvalue weighted by atomic mass is 10.1. The Morgan fingerprint density at radius 1 is 1.50 bits per heavy atom. The fraction of sp³-hybridized carbons (Fsp3) is 0.385. The second kappa shape index (κ2) is 4.80. The van der Waals surface area contributed by atoms with Crippen LogP contribution in [0.3, 0.4) is 0 Å². The average molecular weight is 215 g/mol. The van der Waals surface area contributed by atoms with Crippen molar-refractivity contribution in [3.05, 3.63) is 36.5 Å². The van der Waals surface area contributed by atoms with E-state index in [-0.39, 0.29) is 5.54 Å². The SMILES string of the molecule is C=CCN(c1cccc(C#N)n1)C(C)(C)C. The monoisotopic (exact) mass is 215 g/mol. The van der Waals surface area contributed by atoms with Crippen molar-refractivity contribution in [1.29, 1.82) is 5.26 Å². The normalized spacial score (nSPS) is 10.6. The minimum absolute atomic E-state index is 0.0464. The van der Waals surface area contributed by atoms with E-state index >= 15 is 0 Å². The quantitative estimate of drug-likeness (QED) is 0.728. The first kappa shape index (κ1) is 12.3. The summed E-state index contributed by atoms with van der Waals surface area (Å²) in [5.74, 6) is 0.812. The lowest BCUT2D eigenvalue weighted by Crippen LogP contribution is -2.42. The third-order valence-electron chi connectivity index (χ3n) is 2.25. The largest absolute Gasteiger partial charge is 0.348 e. The van der Waals surface area contributed by atoms with Crippen LogP contribution in [-0.4, -0.2) is 17.1 Å². The molecule has 0 N–H and O–H groups in total. The van der Waals surface area contributed by atoms with Gasteiger partial charge >= 0.3 is 0 Å². The van der Waals surface area contributed by atoms with E-state index in [0.717, 1.165) is 5.82 Å². The minimum atomic E-state index is -0.0464. The smallest absolute Gasteiger partial charge is 0.142 e. The number of aromatic nitrogens is 1. The second-order valence-electron chi connectivity index (χ2n) is 4.56. The predicted octanol–water partition coefficient (Wildman–Crippen LogP) is 2.74. The third kappa shape index (κ3) is 2.83. The highest BCUT2D eigenvalue weighted by molar-refractivity contribution is 5.44. The highest BCUT2D eigenvalue weighted by atomic mass is 15.2. The lowest BCUT2D eigenvalue weighted by molar-refractivity contribution is 0.517. The molecule has 3 nitrogen and oxygen atoms in total. The molecule has 0 radical (unpaired) electrons. The fourth-order valence-corrected chi connectivity index (χ4v) is 1.48. The van der Waals surface area contributed by atoms with Gasteiger partial charge in [0.2, 0.25) is 0 Å². The summed E-state index contributed by atoms with van der Waals surface area (Å²) in [4.78, 5) is 6.41.